The summed E-state index contributed by atoms with van der Waals surface area (Å²) >= 11 is 0. The zero-order valence-electron chi connectivity index (χ0n) is 17.6. The maximum Gasteiger partial charge on any atom is 0.431 e. The molecule has 0 unspecified atom stereocenters. The van der Waals surface area contributed by atoms with Crippen molar-refractivity contribution in [3.63, 3.8) is 0 Å². The molecule has 2 aliphatic rings. The van der Waals surface area contributed by atoms with Gasteiger partial charge < -0.3 is 14.6 Å². The number of hydrogen-bond donors (Lipinski definition) is 1. The Kier molecular flexibility index (Phi) is 6.91. The number of alkyl halides is 3. The SMILES string of the molecule is CC(C)CCNC(=O)c1ccc(C(F)(F)F)n(CCN2CCOC3(CCC3)C2)c1=O. The molecule has 3 rings (SSSR count). The Morgan fingerprint density at radius 2 is 2.00 bits per heavy atom. The summed E-state index contributed by atoms with van der Waals surface area (Å²) in [6, 6.07) is 1.80. The molecule has 1 saturated carbocycles. The van der Waals surface area contributed by atoms with E-state index >= 15 is 0 Å². The molecule has 2 heterocycles. The van der Waals surface area contributed by atoms with Crippen LogP contribution >= 0.6 is 0 Å². The molecule has 0 atom stereocenters. The number of amides is 1. The third kappa shape index (κ3) is 5.24. The lowest BCUT2D eigenvalue weighted by atomic mass is 9.79. The van der Waals surface area contributed by atoms with Crippen molar-refractivity contribution >= 4 is 5.91 Å². The molecule has 0 bridgehead atoms. The second-order valence-corrected chi connectivity index (χ2v) is 8.69. The van der Waals surface area contributed by atoms with Gasteiger partial charge in [0.15, 0.2) is 0 Å². The average molecular weight is 429 g/mol. The average Bonchev–Trinajstić information content (AvgIpc) is 2.64. The number of carbonyl (C=O) groups excluding carboxylic acids is 1. The number of aromatic nitrogens is 1. The number of morpholine rings is 1. The maximum absolute atomic E-state index is 13.5. The molecule has 168 valence electrons. The third-order valence-electron chi connectivity index (χ3n) is 5.95. The summed E-state index contributed by atoms with van der Waals surface area (Å²) in [4.78, 5) is 27.2. The van der Waals surface area contributed by atoms with E-state index < -0.39 is 23.3 Å². The molecular formula is C21H30F3N3O3. The van der Waals surface area contributed by atoms with Crippen molar-refractivity contribution in [3.05, 3.63) is 33.7 Å². The summed E-state index contributed by atoms with van der Waals surface area (Å²) in [6.07, 6.45) is -0.933. The highest BCUT2D eigenvalue weighted by Gasteiger charge is 2.42. The van der Waals surface area contributed by atoms with Crippen molar-refractivity contribution in [2.75, 3.05) is 32.8 Å². The molecule has 1 spiro atoms. The van der Waals surface area contributed by atoms with Crippen LogP contribution in [0.2, 0.25) is 0 Å². The number of carbonyl (C=O) groups is 1. The fourth-order valence-corrected chi connectivity index (χ4v) is 4.02. The van der Waals surface area contributed by atoms with Crippen LogP contribution in [-0.4, -0.2) is 53.8 Å². The molecule has 1 amide bonds. The first kappa shape index (κ1) is 22.8. The Balaban J connectivity index is 1.76. The highest BCUT2D eigenvalue weighted by molar-refractivity contribution is 5.93. The van der Waals surface area contributed by atoms with E-state index in [1.165, 1.54) is 0 Å². The van der Waals surface area contributed by atoms with Gasteiger partial charge in [0.2, 0.25) is 0 Å². The predicted molar refractivity (Wildman–Crippen MR) is 106 cm³/mol. The van der Waals surface area contributed by atoms with Gasteiger partial charge in [0, 0.05) is 32.7 Å². The lowest BCUT2D eigenvalue weighted by Gasteiger charge is -2.48. The number of rotatable bonds is 7. The molecule has 1 aromatic heterocycles. The normalized spacial score (nSPS) is 19.1. The summed E-state index contributed by atoms with van der Waals surface area (Å²) in [7, 11) is 0. The molecule has 1 N–H and O–H groups in total. The van der Waals surface area contributed by atoms with Crippen molar-refractivity contribution in [2.24, 2.45) is 5.92 Å². The van der Waals surface area contributed by atoms with E-state index in [0.29, 0.717) is 43.3 Å². The van der Waals surface area contributed by atoms with Crippen molar-refractivity contribution in [1.82, 2.24) is 14.8 Å². The van der Waals surface area contributed by atoms with E-state index in [-0.39, 0.29) is 17.7 Å². The van der Waals surface area contributed by atoms with E-state index in [0.717, 1.165) is 37.8 Å². The van der Waals surface area contributed by atoms with Crippen LogP contribution in [0, 0.1) is 5.92 Å². The van der Waals surface area contributed by atoms with Crippen molar-refractivity contribution in [3.8, 4) is 0 Å². The Labute approximate surface area is 174 Å². The first-order valence-corrected chi connectivity index (χ1v) is 10.6. The molecule has 0 radical (unpaired) electrons. The fourth-order valence-electron chi connectivity index (χ4n) is 4.02. The topological polar surface area (TPSA) is 63.6 Å². The molecule has 0 aromatic carbocycles. The Morgan fingerprint density at radius 3 is 2.60 bits per heavy atom. The maximum atomic E-state index is 13.5. The van der Waals surface area contributed by atoms with Gasteiger partial charge >= 0.3 is 6.18 Å². The second-order valence-electron chi connectivity index (χ2n) is 8.69. The lowest BCUT2D eigenvalue weighted by molar-refractivity contribution is -0.153. The molecule has 1 saturated heterocycles. The largest absolute Gasteiger partial charge is 0.431 e. The quantitative estimate of drug-likeness (QED) is 0.724. The van der Waals surface area contributed by atoms with Crippen LogP contribution < -0.4 is 10.9 Å². The number of nitrogens with one attached hydrogen (secondary N) is 1. The van der Waals surface area contributed by atoms with Crippen molar-refractivity contribution in [1.29, 1.82) is 0 Å². The van der Waals surface area contributed by atoms with E-state index in [2.05, 4.69) is 5.32 Å². The lowest BCUT2D eigenvalue weighted by Crippen LogP contribution is -2.56. The highest BCUT2D eigenvalue weighted by Crippen LogP contribution is 2.38. The van der Waals surface area contributed by atoms with Crippen LogP contribution in [0.5, 0.6) is 0 Å². The van der Waals surface area contributed by atoms with Crippen LogP contribution in [0.4, 0.5) is 13.2 Å². The molecule has 30 heavy (non-hydrogen) atoms. The van der Waals surface area contributed by atoms with Gasteiger partial charge in [0.05, 0.1) is 12.2 Å². The molecule has 9 heteroatoms. The van der Waals surface area contributed by atoms with Gasteiger partial charge in [-0.05, 0) is 43.7 Å². The number of ether oxygens (including phenoxy) is 1. The number of nitrogens with zero attached hydrogens (tertiary/aromatic N) is 2. The third-order valence-corrected chi connectivity index (χ3v) is 5.95. The zero-order valence-corrected chi connectivity index (χ0v) is 17.6. The Morgan fingerprint density at radius 1 is 1.27 bits per heavy atom. The van der Waals surface area contributed by atoms with Gasteiger partial charge in [-0.2, -0.15) is 13.2 Å². The summed E-state index contributed by atoms with van der Waals surface area (Å²) < 4.78 is 47.1. The van der Waals surface area contributed by atoms with Gasteiger partial charge in [-0.3, -0.25) is 14.5 Å². The summed E-state index contributed by atoms with van der Waals surface area (Å²) in [6.45, 7) is 6.36. The van der Waals surface area contributed by atoms with Crippen molar-refractivity contribution < 1.29 is 22.7 Å². The van der Waals surface area contributed by atoms with Crippen molar-refractivity contribution in [2.45, 2.75) is 57.9 Å². The van der Waals surface area contributed by atoms with Crippen LogP contribution in [0.25, 0.3) is 0 Å². The minimum absolute atomic E-state index is 0.128. The van der Waals surface area contributed by atoms with E-state index in [1.807, 2.05) is 18.7 Å². The van der Waals surface area contributed by atoms with Gasteiger partial charge in [0.1, 0.15) is 11.3 Å². The van der Waals surface area contributed by atoms with Gasteiger partial charge in [-0.1, -0.05) is 13.8 Å². The van der Waals surface area contributed by atoms with E-state index in [9.17, 15) is 22.8 Å². The molecular weight excluding hydrogens is 399 g/mol. The standard InChI is InChI=1S/C21H30F3N3O3/c1-15(2)6-9-25-18(28)16-4-5-17(21(22,23)24)27(19(16)29)11-10-26-12-13-30-20(14-26)7-3-8-20/h4-5,15H,3,6-14H2,1-2H3,(H,25,28). The van der Waals surface area contributed by atoms with Gasteiger partial charge in [-0.25, -0.2) is 0 Å². The van der Waals surface area contributed by atoms with E-state index in [4.69, 9.17) is 4.74 Å². The van der Waals surface area contributed by atoms with E-state index in [1.54, 1.807) is 0 Å². The first-order valence-electron chi connectivity index (χ1n) is 10.6. The van der Waals surface area contributed by atoms with Crippen LogP contribution in [-0.2, 0) is 17.5 Å². The molecule has 1 aliphatic heterocycles. The van der Waals surface area contributed by atoms with Crippen LogP contribution in [0.1, 0.15) is 55.6 Å². The minimum Gasteiger partial charge on any atom is -0.372 e. The number of pyridine rings is 1. The fraction of sp³-hybridized carbons (Fsp3) is 0.714. The highest BCUT2D eigenvalue weighted by atomic mass is 19.4. The molecule has 2 fully saturated rings. The molecule has 6 nitrogen and oxygen atoms in total. The summed E-state index contributed by atoms with van der Waals surface area (Å²) in [5.41, 5.74) is -2.37. The van der Waals surface area contributed by atoms with Crippen LogP contribution in [0.15, 0.2) is 16.9 Å². The number of halogens is 3. The predicted octanol–water partition coefficient (Wildman–Crippen LogP) is 2.90. The Hall–Kier alpha value is -1.87. The number of hydrogen-bond acceptors (Lipinski definition) is 4. The first-order chi connectivity index (χ1) is 14.1. The zero-order chi connectivity index (χ0) is 21.9. The van der Waals surface area contributed by atoms with Gasteiger partial charge in [0.25, 0.3) is 11.5 Å². The smallest absolute Gasteiger partial charge is 0.372 e. The van der Waals surface area contributed by atoms with Crippen LogP contribution in [0.3, 0.4) is 0 Å². The molecule has 1 aromatic rings. The summed E-state index contributed by atoms with van der Waals surface area (Å²) in [5, 5.41) is 2.63. The summed E-state index contributed by atoms with van der Waals surface area (Å²) in [5.74, 6) is -0.273. The molecule has 1 aliphatic carbocycles. The monoisotopic (exact) mass is 429 g/mol. The minimum atomic E-state index is -4.67. The second kappa shape index (κ2) is 9.09. The van der Waals surface area contributed by atoms with Gasteiger partial charge in [-0.15, -0.1) is 0 Å². The Bertz CT molecular complexity index is 816.